The first-order valence-corrected chi connectivity index (χ1v) is 8.22. The Hall–Kier alpha value is -1.12. The summed E-state index contributed by atoms with van der Waals surface area (Å²) < 4.78 is 32.4. The Kier molecular flexibility index (Phi) is 4.66. The Morgan fingerprint density at radius 1 is 1.65 bits per heavy atom. The number of ether oxygens (including phenoxy) is 1. The Bertz CT molecular complexity index is 573. The highest BCUT2D eigenvalue weighted by molar-refractivity contribution is 7.90. The first-order chi connectivity index (χ1) is 9.39. The van der Waals surface area contributed by atoms with Crippen LogP contribution in [-0.4, -0.2) is 43.1 Å². The van der Waals surface area contributed by atoms with Crippen molar-refractivity contribution in [2.24, 2.45) is 13.0 Å². The van der Waals surface area contributed by atoms with Crippen molar-refractivity contribution in [3.8, 4) is 0 Å². The summed E-state index contributed by atoms with van der Waals surface area (Å²) >= 11 is 5.80. The second-order valence-electron chi connectivity index (χ2n) is 4.76. The second kappa shape index (κ2) is 6.11. The van der Waals surface area contributed by atoms with Crippen LogP contribution in [0.25, 0.3) is 0 Å². The SMILES string of the molecule is Cn1ncc(Cl)c1C(=O)NS(=O)(=O)CC1CCCOC1. The van der Waals surface area contributed by atoms with Crippen molar-refractivity contribution < 1.29 is 17.9 Å². The molecular formula is C11H16ClN3O4S. The number of amides is 1. The zero-order valence-electron chi connectivity index (χ0n) is 11.0. The lowest BCUT2D eigenvalue weighted by Gasteiger charge is -2.21. The third-order valence-electron chi connectivity index (χ3n) is 3.07. The van der Waals surface area contributed by atoms with Gasteiger partial charge in [0.2, 0.25) is 10.0 Å². The third-order valence-corrected chi connectivity index (χ3v) is 4.75. The van der Waals surface area contributed by atoms with Crippen molar-refractivity contribution in [2.45, 2.75) is 12.8 Å². The molecule has 0 aliphatic carbocycles. The van der Waals surface area contributed by atoms with Crippen molar-refractivity contribution in [1.82, 2.24) is 14.5 Å². The number of sulfonamides is 1. The van der Waals surface area contributed by atoms with Crippen molar-refractivity contribution in [3.63, 3.8) is 0 Å². The normalized spacial score (nSPS) is 19.8. The van der Waals surface area contributed by atoms with E-state index in [4.69, 9.17) is 16.3 Å². The number of nitrogens with zero attached hydrogens (tertiary/aromatic N) is 2. The molecule has 2 rings (SSSR count). The Labute approximate surface area is 122 Å². The minimum absolute atomic E-state index is 0.0233. The van der Waals surface area contributed by atoms with Crippen LogP contribution in [0.4, 0.5) is 0 Å². The van der Waals surface area contributed by atoms with Crippen molar-refractivity contribution in [2.75, 3.05) is 19.0 Å². The van der Waals surface area contributed by atoms with E-state index in [1.807, 2.05) is 4.72 Å². The average Bonchev–Trinajstić information content (AvgIpc) is 2.69. The summed E-state index contributed by atoms with van der Waals surface area (Å²) in [7, 11) is -2.20. The van der Waals surface area contributed by atoms with E-state index in [0.29, 0.717) is 13.2 Å². The van der Waals surface area contributed by atoms with Gasteiger partial charge in [-0.15, -0.1) is 0 Å². The summed E-state index contributed by atoms with van der Waals surface area (Å²) in [5.74, 6) is -0.989. The van der Waals surface area contributed by atoms with Gasteiger partial charge in [-0.2, -0.15) is 5.10 Å². The maximum absolute atomic E-state index is 12.0. The number of nitrogens with one attached hydrogen (secondary N) is 1. The molecule has 1 aliphatic heterocycles. The predicted octanol–water partition coefficient (Wildman–Crippen LogP) is 0.560. The van der Waals surface area contributed by atoms with Crippen LogP contribution in [-0.2, 0) is 21.8 Å². The van der Waals surface area contributed by atoms with E-state index in [0.717, 1.165) is 12.8 Å². The lowest BCUT2D eigenvalue weighted by molar-refractivity contribution is 0.0624. The number of aryl methyl sites for hydroxylation is 1. The standard InChI is InChI=1S/C11H16ClN3O4S/c1-15-10(9(12)5-13-15)11(16)14-20(17,18)7-8-3-2-4-19-6-8/h5,8H,2-4,6-7H2,1H3,(H,14,16). The number of carbonyl (C=O) groups excluding carboxylic acids is 1. The minimum Gasteiger partial charge on any atom is -0.381 e. The molecule has 9 heteroatoms. The molecule has 20 heavy (non-hydrogen) atoms. The van der Waals surface area contributed by atoms with Gasteiger partial charge in [-0.25, -0.2) is 13.1 Å². The summed E-state index contributed by atoms with van der Waals surface area (Å²) in [5, 5.41) is 3.90. The number of carbonyl (C=O) groups is 1. The summed E-state index contributed by atoms with van der Waals surface area (Å²) in [6.07, 6.45) is 2.90. The molecule has 1 aromatic heterocycles. The molecule has 7 nitrogen and oxygen atoms in total. The minimum atomic E-state index is -3.72. The maximum atomic E-state index is 12.0. The summed E-state index contributed by atoms with van der Waals surface area (Å²) in [4.78, 5) is 11.9. The van der Waals surface area contributed by atoms with Gasteiger partial charge in [0.05, 0.1) is 23.6 Å². The first kappa shape index (κ1) is 15.3. The molecule has 0 aromatic carbocycles. The van der Waals surface area contributed by atoms with Crippen molar-refractivity contribution in [1.29, 1.82) is 0 Å². The molecular weight excluding hydrogens is 306 g/mol. The number of hydrogen-bond donors (Lipinski definition) is 1. The van der Waals surface area contributed by atoms with Gasteiger partial charge in [0.15, 0.2) is 0 Å². The lowest BCUT2D eigenvalue weighted by Crippen LogP contribution is -2.37. The Balaban J connectivity index is 2.02. The molecule has 1 atom stereocenters. The van der Waals surface area contributed by atoms with E-state index in [2.05, 4.69) is 5.10 Å². The molecule has 0 radical (unpaired) electrons. The van der Waals surface area contributed by atoms with Gasteiger partial charge >= 0.3 is 0 Å². The van der Waals surface area contributed by atoms with E-state index >= 15 is 0 Å². The van der Waals surface area contributed by atoms with E-state index < -0.39 is 15.9 Å². The van der Waals surface area contributed by atoms with Crippen LogP contribution in [0.1, 0.15) is 23.3 Å². The highest BCUT2D eigenvalue weighted by atomic mass is 35.5. The second-order valence-corrected chi connectivity index (χ2v) is 6.93. The maximum Gasteiger partial charge on any atom is 0.284 e. The largest absolute Gasteiger partial charge is 0.381 e. The van der Waals surface area contributed by atoms with Gasteiger partial charge in [-0.1, -0.05) is 11.6 Å². The van der Waals surface area contributed by atoms with Crippen LogP contribution in [0.2, 0.25) is 5.02 Å². The number of hydrogen-bond acceptors (Lipinski definition) is 5. The molecule has 1 unspecified atom stereocenters. The molecule has 2 heterocycles. The molecule has 0 saturated carbocycles. The van der Waals surface area contributed by atoms with E-state index in [9.17, 15) is 13.2 Å². The van der Waals surface area contributed by atoms with Crippen LogP contribution >= 0.6 is 11.6 Å². The highest BCUT2D eigenvalue weighted by Crippen LogP contribution is 2.17. The van der Waals surface area contributed by atoms with Crippen LogP contribution in [0.15, 0.2) is 6.20 Å². The topological polar surface area (TPSA) is 90.3 Å². The van der Waals surface area contributed by atoms with Crippen LogP contribution in [0.3, 0.4) is 0 Å². The molecule has 1 fully saturated rings. The lowest BCUT2D eigenvalue weighted by atomic mass is 10.1. The smallest absolute Gasteiger partial charge is 0.284 e. The Morgan fingerprint density at radius 3 is 2.95 bits per heavy atom. The highest BCUT2D eigenvalue weighted by Gasteiger charge is 2.25. The molecule has 0 spiro atoms. The monoisotopic (exact) mass is 321 g/mol. The Morgan fingerprint density at radius 2 is 2.40 bits per heavy atom. The molecule has 1 amide bonds. The molecule has 112 valence electrons. The van der Waals surface area contributed by atoms with E-state index in [-0.39, 0.29) is 22.4 Å². The van der Waals surface area contributed by atoms with Gasteiger partial charge in [0, 0.05) is 13.7 Å². The van der Waals surface area contributed by atoms with Crippen LogP contribution in [0, 0.1) is 5.92 Å². The average molecular weight is 322 g/mol. The number of halogens is 1. The van der Waals surface area contributed by atoms with Gasteiger partial charge in [0.25, 0.3) is 5.91 Å². The van der Waals surface area contributed by atoms with Gasteiger partial charge in [0.1, 0.15) is 5.69 Å². The van der Waals surface area contributed by atoms with Gasteiger partial charge in [-0.05, 0) is 18.8 Å². The van der Waals surface area contributed by atoms with Crippen LogP contribution < -0.4 is 4.72 Å². The number of rotatable bonds is 4. The summed E-state index contributed by atoms with van der Waals surface area (Å²) in [6.45, 7) is 1.06. The fourth-order valence-electron chi connectivity index (χ4n) is 2.15. The quantitative estimate of drug-likeness (QED) is 0.875. The fourth-order valence-corrected chi connectivity index (χ4v) is 3.74. The fraction of sp³-hybridized carbons (Fsp3) is 0.636. The van der Waals surface area contributed by atoms with E-state index in [1.54, 1.807) is 0 Å². The molecule has 1 aliphatic rings. The van der Waals surface area contributed by atoms with Crippen LogP contribution in [0.5, 0.6) is 0 Å². The van der Waals surface area contributed by atoms with E-state index in [1.165, 1.54) is 17.9 Å². The van der Waals surface area contributed by atoms with Gasteiger partial charge < -0.3 is 4.74 Å². The number of aromatic nitrogens is 2. The predicted molar refractivity (Wildman–Crippen MR) is 73.0 cm³/mol. The summed E-state index contributed by atoms with van der Waals surface area (Å²) in [6, 6.07) is 0. The van der Waals surface area contributed by atoms with Gasteiger partial charge in [-0.3, -0.25) is 9.48 Å². The molecule has 1 saturated heterocycles. The molecule has 1 N–H and O–H groups in total. The van der Waals surface area contributed by atoms with Crippen molar-refractivity contribution >= 4 is 27.5 Å². The first-order valence-electron chi connectivity index (χ1n) is 6.19. The molecule has 0 bridgehead atoms. The summed E-state index contributed by atoms with van der Waals surface area (Å²) in [5.41, 5.74) is 0.0233. The zero-order valence-corrected chi connectivity index (χ0v) is 12.6. The molecule has 1 aromatic rings. The van der Waals surface area contributed by atoms with Crippen molar-refractivity contribution in [3.05, 3.63) is 16.9 Å². The zero-order chi connectivity index (χ0) is 14.8. The third kappa shape index (κ3) is 3.71.